The van der Waals surface area contributed by atoms with E-state index in [4.69, 9.17) is 9.47 Å². The van der Waals surface area contributed by atoms with Gasteiger partial charge in [0.2, 0.25) is 17.7 Å². The summed E-state index contributed by atoms with van der Waals surface area (Å²) >= 11 is 0. The zero-order valence-corrected chi connectivity index (χ0v) is 25.1. The van der Waals surface area contributed by atoms with Crippen molar-refractivity contribution in [3.05, 3.63) is 23.8 Å². The van der Waals surface area contributed by atoms with Gasteiger partial charge in [0.1, 0.15) is 17.5 Å². The molecule has 10 nitrogen and oxygen atoms in total. The Morgan fingerprint density at radius 3 is 2.33 bits per heavy atom. The normalized spacial score (nSPS) is 13.2. The van der Waals surface area contributed by atoms with E-state index in [2.05, 4.69) is 17.6 Å². The summed E-state index contributed by atoms with van der Waals surface area (Å²) in [5.74, 6) is 0.0270. The summed E-state index contributed by atoms with van der Waals surface area (Å²) < 4.78 is 10.6. The highest BCUT2D eigenvalue weighted by Gasteiger charge is 2.33. The van der Waals surface area contributed by atoms with Gasteiger partial charge in [-0.1, -0.05) is 52.9 Å². The van der Waals surface area contributed by atoms with E-state index in [-0.39, 0.29) is 43.4 Å². The average molecular weight is 564 g/mol. The second kappa shape index (κ2) is 18.3. The number of methoxy groups -OCH3 is 2. The number of carbonyl (C=O) groups is 4. The van der Waals surface area contributed by atoms with Crippen molar-refractivity contribution >= 4 is 24.0 Å². The zero-order chi connectivity index (χ0) is 30.1. The average Bonchev–Trinajstić information content (AvgIpc) is 2.93. The SMILES string of the molecule is CCCCCCCCC(=O)N[C@@H](CC(C)C)C(=O)NC(O)(C=O)CCC(=O)N(C)Cc1ccc(OC)cc1OC. The molecule has 40 heavy (non-hydrogen) atoms. The molecule has 0 saturated heterocycles. The van der Waals surface area contributed by atoms with Crippen molar-refractivity contribution in [3.8, 4) is 11.5 Å². The molecule has 1 rings (SSSR count). The number of hydrogen-bond acceptors (Lipinski definition) is 7. The third-order valence-corrected chi connectivity index (χ3v) is 6.70. The highest BCUT2D eigenvalue weighted by molar-refractivity contribution is 5.89. The van der Waals surface area contributed by atoms with Gasteiger partial charge in [-0.05, 0) is 30.9 Å². The summed E-state index contributed by atoms with van der Waals surface area (Å²) in [5.41, 5.74) is -1.49. The van der Waals surface area contributed by atoms with Gasteiger partial charge in [-0.25, -0.2) is 0 Å². The van der Waals surface area contributed by atoms with E-state index in [0.29, 0.717) is 24.3 Å². The summed E-state index contributed by atoms with van der Waals surface area (Å²) in [6.07, 6.45) is 6.62. The Morgan fingerprint density at radius 1 is 1.05 bits per heavy atom. The fourth-order valence-electron chi connectivity index (χ4n) is 4.30. The first kappa shape index (κ1) is 34.9. The van der Waals surface area contributed by atoms with Crippen molar-refractivity contribution < 1.29 is 33.8 Å². The van der Waals surface area contributed by atoms with E-state index in [1.807, 2.05) is 13.8 Å². The highest BCUT2D eigenvalue weighted by atomic mass is 16.5. The number of rotatable bonds is 20. The Bertz CT molecular complexity index is 953. The summed E-state index contributed by atoms with van der Waals surface area (Å²) in [4.78, 5) is 51.5. The van der Waals surface area contributed by atoms with Crippen LogP contribution in [0.3, 0.4) is 0 Å². The maximum Gasteiger partial charge on any atom is 0.245 e. The van der Waals surface area contributed by atoms with Crippen LogP contribution < -0.4 is 20.1 Å². The Kier molecular flexibility index (Phi) is 15.9. The van der Waals surface area contributed by atoms with Crippen LogP contribution in [0.4, 0.5) is 0 Å². The molecule has 0 aliphatic rings. The van der Waals surface area contributed by atoms with E-state index >= 15 is 0 Å². The Morgan fingerprint density at radius 2 is 1.73 bits per heavy atom. The van der Waals surface area contributed by atoms with Gasteiger partial charge in [-0.15, -0.1) is 0 Å². The highest BCUT2D eigenvalue weighted by Crippen LogP contribution is 2.26. The van der Waals surface area contributed by atoms with E-state index in [1.54, 1.807) is 32.4 Å². The number of ether oxygens (including phenoxy) is 2. The lowest BCUT2D eigenvalue weighted by Gasteiger charge is -2.28. The number of carbonyl (C=O) groups excluding carboxylic acids is 4. The van der Waals surface area contributed by atoms with E-state index in [0.717, 1.165) is 37.7 Å². The van der Waals surface area contributed by atoms with E-state index < -0.39 is 17.7 Å². The molecule has 2 atom stereocenters. The largest absolute Gasteiger partial charge is 0.497 e. The number of aliphatic hydroxyl groups is 1. The minimum Gasteiger partial charge on any atom is -0.497 e. The number of amides is 3. The van der Waals surface area contributed by atoms with Crippen LogP contribution >= 0.6 is 0 Å². The third-order valence-electron chi connectivity index (χ3n) is 6.70. The molecule has 0 fully saturated rings. The van der Waals surface area contributed by atoms with Gasteiger partial charge in [0, 0.05) is 44.5 Å². The van der Waals surface area contributed by atoms with Crippen LogP contribution in [-0.4, -0.2) is 67.0 Å². The standard InChI is InChI=1S/C30H49N3O7/c1-7-8-9-10-11-12-13-27(35)31-25(18-22(2)3)29(37)32-30(38,21-34)17-16-28(36)33(4)20-23-14-15-24(39-5)19-26(23)40-6/h14-15,19,21-22,25,38H,7-13,16-18,20H2,1-6H3,(H,31,35)(H,32,37)/t25-,30?/m0/s1. The number of aldehydes is 1. The molecule has 1 unspecified atom stereocenters. The molecule has 0 aromatic heterocycles. The van der Waals surface area contributed by atoms with Gasteiger partial charge in [0.15, 0.2) is 12.0 Å². The predicted molar refractivity (Wildman–Crippen MR) is 154 cm³/mol. The van der Waals surface area contributed by atoms with Crippen LogP contribution in [0.1, 0.15) is 90.5 Å². The lowest BCUT2D eigenvalue weighted by atomic mass is 10.0. The van der Waals surface area contributed by atoms with Gasteiger partial charge >= 0.3 is 0 Å². The summed E-state index contributed by atoms with van der Waals surface area (Å²) in [5, 5.41) is 15.9. The van der Waals surface area contributed by atoms with Crippen molar-refractivity contribution in [2.75, 3.05) is 21.3 Å². The molecule has 1 aromatic rings. The molecular formula is C30H49N3O7. The van der Waals surface area contributed by atoms with Crippen LogP contribution in [0.25, 0.3) is 0 Å². The number of nitrogens with zero attached hydrogens (tertiary/aromatic N) is 1. The topological polar surface area (TPSA) is 134 Å². The van der Waals surface area contributed by atoms with Crippen molar-refractivity contribution in [1.82, 2.24) is 15.5 Å². The summed E-state index contributed by atoms with van der Waals surface area (Å²) in [6, 6.07) is 4.37. The van der Waals surface area contributed by atoms with Crippen LogP contribution in [0.5, 0.6) is 11.5 Å². The van der Waals surface area contributed by atoms with Gasteiger partial charge in [-0.2, -0.15) is 0 Å². The maximum atomic E-state index is 13.0. The molecule has 0 heterocycles. The first-order valence-corrected chi connectivity index (χ1v) is 14.2. The van der Waals surface area contributed by atoms with Crippen LogP contribution in [0.2, 0.25) is 0 Å². The second-order valence-corrected chi connectivity index (χ2v) is 10.7. The third kappa shape index (κ3) is 12.8. The number of nitrogens with one attached hydrogen (secondary N) is 2. The first-order valence-electron chi connectivity index (χ1n) is 14.2. The summed E-state index contributed by atoms with van der Waals surface area (Å²) in [6.45, 7) is 6.22. The fourth-order valence-corrected chi connectivity index (χ4v) is 4.30. The van der Waals surface area contributed by atoms with E-state index in [1.165, 1.54) is 18.4 Å². The molecule has 0 aliphatic heterocycles. The quantitative estimate of drug-likeness (QED) is 0.125. The van der Waals surface area contributed by atoms with Gasteiger partial charge in [0.05, 0.1) is 14.2 Å². The zero-order valence-electron chi connectivity index (χ0n) is 25.1. The smallest absolute Gasteiger partial charge is 0.245 e. The van der Waals surface area contributed by atoms with Crippen LogP contribution in [-0.2, 0) is 25.7 Å². The maximum absolute atomic E-state index is 13.0. The molecule has 0 saturated carbocycles. The van der Waals surface area contributed by atoms with Gasteiger partial charge in [-0.3, -0.25) is 19.2 Å². The predicted octanol–water partition coefficient (Wildman–Crippen LogP) is 3.73. The van der Waals surface area contributed by atoms with Gasteiger partial charge in [0.25, 0.3) is 0 Å². The Hall–Kier alpha value is -3.14. The van der Waals surface area contributed by atoms with Gasteiger partial charge < -0.3 is 30.1 Å². The lowest BCUT2D eigenvalue weighted by molar-refractivity contribution is -0.143. The van der Waals surface area contributed by atoms with Crippen molar-refractivity contribution in [2.24, 2.45) is 5.92 Å². The Labute approximate surface area is 239 Å². The molecular weight excluding hydrogens is 514 g/mol. The molecule has 226 valence electrons. The molecule has 0 spiro atoms. The molecule has 3 N–H and O–H groups in total. The molecule has 0 bridgehead atoms. The molecule has 0 radical (unpaired) electrons. The molecule has 1 aromatic carbocycles. The number of hydrogen-bond donors (Lipinski definition) is 3. The Balaban J connectivity index is 2.71. The molecule has 0 aliphatic carbocycles. The van der Waals surface area contributed by atoms with Crippen molar-refractivity contribution in [1.29, 1.82) is 0 Å². The molecule has 10 heteroatoms. The minimum absolute atomic E-state index is 0.0830. The first-order chi connectivity index (χ1) is 19.0. The monoisotopic (exact) mass is 563 g/mol. The van der Waals surface area contributed by atoms with Crippen molar-refractivity contribution in [3.63, 3.8) is 0 Å². The van der Waals surface area contributed by atoms with E-state index in [9.17, 15) is 24.3 Å². The minimum atomic E-state index is -2.25. The van der Waals surface area contributed by atoms with Crippen LogP contribution in [0.15, 0.2) is 18.2 Å². The lowest BCUT2D eigenvalue weighted by Crippen LogP contribution is -2.57. The number of benzene rings is 1. The van der Waals surface area contributed by atoms with Crippen molar-refractivity contribution in [2.45, 2.75) is 103 Å². The fraction of sp³-hybridized carbons (Fsp3) is 0.667. The second-order valence-electron chi connectivity index (χ2n) is 10.7. The molecule has 3 amide bonds. The summed E-state index contributed by atoms with van der Waals surface area (Å²) in [7, 11) is 4.67. The number of unbranched alkanes of at least 4 members (excludes halogenated alkanes) is 5. The van der Waals surface area contributed by atoms with Crippen LogP contribution in [0, 0.1) is 5.92 Å².